The minimum Gasteiger partial charge on any atom is -0.359 e. The van der Waals surface area contributed by atoms with Crippen molar-refractivity contribution in [2.45, 2.75) is 52.6 Å². The normalized spacial score (nSPS) is 21.8. The maximum atomic E-state index is 10.6. The van der Waals surface area contributed by atoms with Gasteiger partial charge < -0.3 is 9.47 Å². The van der Waals surface area contributed by atoms with Crippen LogP contribution < -0.4 is 0 Å². The van der Waals surface area contributed by atoms with Gasteiger partial charge in [-0.3, -0.25) is 0 Å². The molecular weight excluding hydrogens is 476 g/mol. The van der Waals surface area contributed by atoms with Crippen LogP contribution in [-0.2, 0) is 6.54 Å². The number of nitrogens with zero attached hydrogens (tertiary/aromatic N) is 4. The first kappa shape index (κ1) is 25.2. The summed E-state index contributed by atoms with van der Waals surface area (Å²) in [7, 11) is 0. The van der Waals surface area contributed by atoms with Crippen LogP contribution >= 0.6 is 0 Å². The topological polar surface area (TPSA) is 44.3 Å². The summed E-state index contributed by atoms with van der Waals surface area (Å²) in [6, 6.07) is 34.2. The average Bonchev–Trinajstić information content (AvgIpc) is 3.37. The lowest BCUT2D eigenvalue weighted by molar-refractivity contribution is 0.133. The standard InChI is InChI=1S/C35H36N4/c1-34(2)19-29-20-35(3,23-34)24-38(29)25-37-33-30(21-36)31(27-15-9-5-10-16-27)32(28-17-11-6-12-18-28)39(33)22-26-13-7-4-8-14-26/h4-18,25,29H,19-20,22-24H2,1-3H3/t29-,35+/m1/s1. The number of rotatable bonds is 6. The van der Waals surface area contributed by atoms with Crippen molar-refractivity contribution in [2.24, 2.45) is 15.8 Å². The van der Waals surface area contributed by atoms with E-state index in [0.29, 0.717) is 29.0 Å². The summed E-state index contributed by atoms with van der Waals surface area (Å²) in [6.45, 7) is 8.87. The molecule has 196 valence electrons. The Labute approximate surface area is 232 Å². The number of fused-ring (bicyclic) bond motifs is 2. The molecule has 2 heterocycles. The van der Waals surface area contributed by atoms with Gasteiger partial charge in [-0.05, 0) is 46.8 Å². The molecule has 3 aromatic carbocycles. The maximum absolute atomic E-state index is 10.6. The number of likely N-dealkylation sites (tertiary alicyclic amines) is 1. The predicted molar refractivity (Wildman–Crippen MR) is 160 cm³/mol. The minimum atomic E-state index is 0.312. The molecule has 2 atom stereocenters. The van der Waals surface area contributed by atoms with Crippen molar-refractivity contribution in [3.05, 3.63) is 102 Å². The zero-order valence-electron chi connectivity index (χ0n) is 23.1. The van der Waals surface area contributed by atoms with Crippen LogP contribution in [0.25, 0.3) is 22.4 Å². The van der Waals surface area contributed by atoms with E-state index in [1.165, 1.54) is 24.8 Å². The molecule has 0 unspecified atom stereocenters. The number of benzene rings is 3. The van der Waals surface area contributed by atoms with Gasteiger partial charge in [-0.25, -0.2) is 4.99 Å². The Balaban J connectivity index is 1.54. The van der Waals surface area contributed by atoms with E-state index in [2.05, 4.69) is 97.0 Å². The van der Waals surface area contributed by atoms with Crippen LogP contribution in [0.3, 0.4) is 0 Å². The molecule has 6 rings (SSSR count). The second-order valence-electron chi connectivity index (χ2n) is 12.5. The highest BCUT2D eigenvalue weighted by atomic mass is 15.2. The molecule has 0 amide bonds. The molecule has 1 aromatic heterocycles. The van der Waals surface area contributed by atoms with Crippen molar-refractivity contribution in [1.29, 1.82) is 5.26 Å². The van der Waals surface area contributed by atoms with Crippen molar-refractivity contribution in [3.8, 4) is 28.5 Å². The molecule has 2 bridgehead atoms. The molecule has 0 spiro atoms. The fourth-order valence-electron chi connectivity index (χ4n) is 7.32. The first-order chi connectivity index (χ1) is 18.9. The van der Waals surface area contributed by atoms with Gasteiger partial charge in [-0.15, -0.1) is 0 Å². The van der Waals surface area contributed by atoms with Crippen LogP contribution in [0.2, 0.25) is 0 Å². The minimum absolute atomic E-state index is 0.312. The third-order valence-electron chi connectivity index (χ3n) is 8.42. The first-order valence-corrected chi connectivity index (χ1v) is 14.0. The van der Waals surface area contributed by atoms with Crippen LogP contribution in [0.15, 0.2) is 96.0 Å². The number of hydrogen-bond acceptors (Lipinski definition) is 2. The summed E-state index contributed by atoms with van der Waals surface area (Å²) in [5.74, 6) is 0.727. The first-order valence-electron chi connectivity index (χ1n) is 14.0. The molecule has 39 heavy (non-hydrogen) atoms. The number of aromatic nitrogens is 1. The van der Waals surface area contributed by atoms with Crippen molar-refractivity contribution in [3.63, 3.8) is 0 Å². The molecule has 4 heteroatoms. The molecule has 2 aliphatic rings. The second-order valence-corrected chi connectivity index (χ2v) is 12.5. The summed E-state index contributed by atoms with van der Waals surface area (Å²) in [5.41, 5.74) is 6.54. The van der Waals surface area contributed by atoms with Gasteiger partial charge in [-0.1, -0.05) is 112 Å². The summed E-state index contributed by atoms with van der Waals surface area (Å²) in [5, 5.41) is 10.6. The molecule has 0 N–H and O–H groups in total. The van der Waals surface area contributed by atoms with Crippen LogP contribution in [-0.4, -0.2) is 28.4 Å². The van der Waals surface area contributed by atoms with Crippen molar-refractivity contribution < 1.29 is 0 Å². The zero-order valence-corrected chi connectivity index (χ0v) is 23.1. The van der Waals surface area contributed by atoms with E-state index in [1.54, 1.807) is 0 Å². The van der Waals surface area contributed by atoms with Gasteiger partial charge in [0.15, 0.2) is 5.82 Å². The SMILES string of the molecule is CC1(C)C[C@@H]2C[C@](C)(CN2C=Nc2c(C#N)c(-c3ccccc3)c(-c3ccccc3)n2Cc2ccccc2)C1. The monoisotopic (exact) mass is 512 g/mol. The third kappa shape index (κ3) is 4.90. The lowest BCUT2D eigenvalue weighted by Gasteiger charge is -2.39. The number of nitriles is 1. The van der Waals surface area contributed by atoms with Crippen LogP contribution in [0.4, 0.5) is 5.82 Å². The highest BCUT2D eigenvalue weighted by Crippen LogP contribution is 2.52. The van der Waals surface area contributed by atoms with Crippen molar-refractivity contribution in [2.75, 3.05) is 6.54 Å². The Bertz CT molecular complexity index is 1530. The van der Waals surface area contributed by atoms with Gasteiger partial charge in [0.2, 0.25) is 0 Å². The molecule has 1 aliphatic heterocycles. The lowest BCUT2D eigenvalue weighted by atomic mass is 9.65. The van der Waals surface area contributed by atoms with Crippen LogP contribution in [0.1, 0.15) is 51.2 Å². The molecule has 4 nitrogen and oxygen atoms in total. The molecular formula is C35H36N4. The molecule has 2 fully saturated rings. The van der Waals surface area contributed by atoms with E-state index in [1.807, 2.05) is 36.7 Å². The number of hydrogen-bond donors (Lipinski definition) is 0. The number of aliphatic imine (C=N–C) groups is 1. The highest BCUT2D eigenvalue weighted by Gasteiger charge is 2.49. The Hall–Kier alpha value is -4.10. The van der Waals surface area contributed by atoms with Gasteiger partial charge in [0, 0.05) is 24.7 Å². The van der Waals surface area contributed by atoms with Gasteiger partial charge in [0.25, 0.3) is 0 Å². The van der Waals surface area contributed by atoms with Crippen LogP contribution in [0, 0.1) is 22.2 Å². The van der Waals surface area contributed by atoms with Crippen molar-refractivity contribution >= 4 is 12.2 Å². The third-order valence-corrected chi connectivity index (χ3v) is 8.42. The smallest absolute Gasteiger partial charge is 0.153 e. The summed E-state index contributed by atoms with van der Waals surface area (Å²) in [6.07, 6.45) is 5.67. The molecule has 1 aliphatic carbocycles. The summed E-state index contributed by atoms with van der Waals surface area (Å²) in [4.78, 5) is 7.61. The molecule has 4 aromatic rings. The quantitative estimate of drug-likeness (QED) is 0.193. The lowest BCUT2D eigenvalue weighted by Crippen LogP contribution is -2.34. The van der Waals surface area contributed by atoms with E-state index in [0.717, 1.165) is 34.7 Å². The highest BCUT2D eigenvalue weighted by molar-refractivity contribution is 5.91. The van der Waals surface area contributed by atoms with Gasteiger partial charge in [0.1, 0.15) is 11.6 Å². The van der Waals surface area contributed by atoms with Gasteiger partial charge in [0.05, 0.1) is 12.0 Å². The fraction of sp³-hybridized carbons (Fsp3) is 0.314. The Kier molecular flexibility index (Phi) is 6.39. The van der Waals surface area contributed by atoms with E-state index in [-0.39, 0.29) is 0 Å². The van der Waals surface area contributed by atoms with E-state index < -0.39 is 0 Å². The maximum Gasteiger partial charge on any atom is 0.153 e. The zero-order chi connectivity index (χ0) is 27.0. The Morgan fingerprint density at radius 2 is 1.49 bits per heavy atom. The van der Waals surface area contributed by atoms with E-state index in [9.17, 15) is 5.26 Å². The predicted octanol–water partition coefficient (Wildman–Crippen LogP) is 8.30. The van der Waals surface area contributed by atoms with Gasteiger partial charge in [-0.2, -0.15) is 5.26 Å². The molecule has 1 saturated carbocycles. The average molecular weight is 513 g/mol. The Morgan fingerprint density at radius 3 is 2.13 bits per heavy atom. The van der Waals surface area contributed by atoms with Crippen LogP contribution in [0.5, 0.6) is 0 Å². The molecule has 0 radical (unpaired) electrons. The largest absolute Gasteiger partial charge is 0.359 e. The van der Waals surface area contributed by atoms with E-state index >= 15 is 0 Å². The second kappa shape index (κ2) is 9.89. The Morgan fingerprint density at radius 1 is 0.872 bits per heavy atom. The van der Waals surface area contributed by atoms with Crippen molar-refractivity contribution in [1.82, 2.24) is 9.47 Å². The van der Waals surface area contributed by atoms with Gasteiger partial charge >= 0.3 is 0 Å². The fourth-order valence-corrected chi connectivity index (χ4v) is 7.32. The summed E-state index contributed by atoms with van der Waals surface area (Å²) < 4.78 is 2.25. The molecule has 1 saturated heterocycles. The summed E-state index contributed by atoms with van der Waals surface area (Å²) >= 11 is 0. The van der Waals surface area contributed by atoms with E-state index in [4.69, 9.17) is 4.99 Å².